The van der Waals surface area contributed by atoms with Gasteiger partial charge in [0.15, 0.2) is 0 Å². The minimum absolute atomic E-state index is 0.269. The number of hydrogen-bond acceptors (Lipinski definition) is 2. The van der Waals surface area contributed by atoms with Gasteiger partial charge >= 0.3 is 5.97 Å². The molecule has 0 amide bonds. The van der Waals surface area contributed by atoms with Crippen LogP contribution in [0.5, 0.6) is 0 Å². The van der Waals surface area contributed by atoms with Gasteiger partial charge in [-0.05, 0) is 36.3 Å². The number of hydrogen-bond donors (Lipinski definition) is 0. The van der Waals surface area contributed by atoms with E-state index in [1.165, 1.54) is 0 Å². The van der Waals surface area contributed by atoms with Gasteiger partial charge in [-0.25, -0.2) is 4.79 Å². The molecule has 0 saturated carbocycles. The Hall–Kier alpha value is -1.57. The topological polar surface area (TPSA) is 26.3 Å². The number of carbonyl (C=O) groups excluding carboxylic acids is 1. The SMILES string of the molecule is C=CC(=O)O/C(=C/C(=C)CC)C(=C)C(C)CCC(C)C.CC. The maximum atomic E-state index is 11.4. The molecular weight excluding hydrogens is 272 g/mol. The fourth-order valence-electron chi connectivity index (χ4n) is 1.63. The van der Waals surface area contributed by atoms with Crippen molar-refractivity contribution in [3.63, 3.8) is 0 Å². The summed E-state index contributed by atoms with van der Waals surface area (Å²) in [6, 6.07) is 0. The average molecular weight is 306 g/mol. The Bertz CT molecular complexity index is 400. The van der Waals surface area contributed by atoms with Gasteiger partial charge < -0.3 is 4.74 Å². The minimum Gasteiger partial charge on any atom is -0.423 e. The van der Waals surface area contributed by atoms with Gasteiger partial charge in [-0.1, -0.05) is 73.3 Å². The molecule has 0 aromatic heterocycles. The van der Waals surface area contributed by atoms with Crippen LogP contribution in [0.1, 0.15) is 60.8 Å². The predicted octanol–water partition coefficient (Wildman–Crippen LogP) is 6.22. The van der Waals surface area contributed by atoms with Gasteiger partial charge in [0.25, 0.3) is 0 Å². The summed E-state index contributed by atoms with van der Waals surface area (Å²) in [5, 5.41) is 0. The molecule has 126 valence electrons. The normalized spacial score (nSPS) is 12.0. The van der Waals surface area contributed by atoms with Crippen LogP contribution in [0.2, 0.25) is 0 Å². The molecule has 0 rings (SSSR count). The summed E-state index contributed by atoms with van der Waals surface area (Å²) >= 11 is 0. The van der Waals surface area contributed by atoms with Crippen molar-refractivity contribution in [3.05, 3.63) is 48.8 Å². The van der Waals surface area contributed by atoms with Crippen molar-refractivity contribution in [2.75, 3.05) is 0 Å². The maximum Gasteiger partial charge on any atom is 0.335 e. The zero-order valence-electron chi connectivity index (χ0n) is 15.4. The number of carbonyl (C=O) groups is 1. The highest BCUT2D eigenvalue weighted by Crippen LogP contribution is 2.26. The summed E-state index contributed by atoms with van der Waals surface area (Å²) in [6.45, 7) is 23.9. The standard InChI is InChI=1S/C18H28O2.C2H6/c1-8-14(5)12-17(20-18(19)9-2)16(7)15(6)11-10-13(3)4;1-2/h9,12-13,15H,2,5,7-8,10-11H2,1,3-4,6H3;1-2H3/b17-12+;. The second kappa shape index (κ2) is 13.1. The summed E-state index contributed by atoms with van der Waals surface area (Å²) < 4.78 is 5.31. The van der Waals surface area contributed by atoms with E-state index in [0.29, 0.717) is 11.7 Å². The van der Waals surface area contributed by atoms with Gasteiger partial charge in [-0.3, -0.25) is 0 Å². The van der Waals surface area contributed by atoms with E-state index in [1.807, 2.05) is 20.8 Å². The highest BCUT2D eigenvalue weighted by atomic mass is 16.5. The second-order valence-electron chi connectivity index (χ2n) is 5.54. The molecule has 0 aliphatic carbocycles. The molecule has 0 saturated heterocycles. The Labute approximate surface area is 137 Å². The first-order chi connectivity index (χ1) is 10.3. The van der Waals surface area contributed by atoms with E-state index in [-0.39, 0.29) is 5.92 Å². The van der Waals surface area contributed by atoms with E-state index in [0.717, 1.165) is 36.5 Å². The summed E-state index contributed by atoms with van der Waals surface area (Å²) in [6.07, 6.45) is 5.92. The first-order valence-corrected chi connectivity index (χ1v) is 8.24. The van der Waals surface area contributed by atoms with Crippen molar-refractivity contribution in [2.45, 2.75) is 60.8 Å². The highest BCUT2D eigenvalue weighted by molar-refractivity contribution is 5.82. The molecule has 2 heteroatoms. The summed E-state index contributed by atoms with van der Waals surface area (Å²) in [4.78, 5) is 11.4. The molecule has 0 aromatic carbocycles. The van der Waals surface area contributed by atoms with E-state index in [9.17, 15) is 4.79 Å². The lowest BCUT2D eigenvalue weighted by molar-refractivity contribution is -0.133. The molecule has 1 atom stereocenters. The fraction of sp³-hybridized carbons (Fsp3) is 0.550. The predicted molar refractivity (Wildman–Crippen MR) is 97.5 cm³/mol. The molecule has 0 aliphatic heterocycles. The van der Waals surface area contributed by atoms with Crippen LogP contribution in [0.3, 0.4) is 0 Å². The number of allylic oxidation sites excluding steroid dienone is 3. The van der Waals surface area contributed by atoms with Crippen LogP contribution < -0.4 is 0 Å². The van der Waals surface area contributed by atoms with Crippen molar-refractivity contribution < 1.29 is 9.53 Å². The van der Waals surface area contributed by atoms with E-state index in [4.69, 9.17) is 4.74 Å². The van der Waals surface area contributed by atoms with E-state index in [2.05, 4.69) is 40.5 Å². The number of rotatable bonds is 9. The molecule has 0 bridgehead atoms. The van der Waals surface area contributed by atoms with Crippen molar-refractivity contribution in [1.29, 1.82) is 0 Å². The third-order valence-electron chi connectivity index (χ3n) is 3.25. The molecule has 0 N–H and O–H groups in total. The Balaban J connectivity index is 0. The molecule has 0 fully saturated rings. The number of esters is 1. The van der Waals surface area contributed by atoms with Crippen molar-refractivity contribution in [2.24, 2.45) is 11.8 Å². The molecule has 22 heavy (non-hydrogen) atoms. The highest BCUT2D eigenvalue weighted by Gasteiger charge is 2.15. The Morgan fingerprint density at radius 3 is 2.09 bits per heavy atom. The van der Waals surface area contributed by atoms with Crippen LogP contribution in [0.4, 0.5) is 0 Å². The van der Waals surface area contributed by atoms with Crippen LogP contribution in [-0.2, 0) is 9.53 Å². The molecule has 1 unspecified atom stereocenters. The van der Waals surface area contributed by atoms with E-state index in [1.54, 1.807) is 6.08 Å². The zero-order valence-corrected chi connectivity index (χ0v) is 15.4. The van der Waals surface area contributed by atoms with Crippen molar-refractivity contribution >= 4 is 5.97 Å². The first kappa shape index (κ1) is 22.7. The molecular formula is C20H34O2. The van der Waals surface area contributed by atoms with Crippen LogP contribution >= 0.6 is 0 Å². The third kappa shape index (κ3) is 10.2. The summed E-state index contributed by atoms with van der Waals surface area (Å²) in [5.74, 6) is 0.973. The number of ether oxygens (including phenoxy) is 1. The average Bonchev–Trinajstić information content (AvgIpc) is 2.52. The minimum atomic E-state index is -0.461. The summed E-state index contributed by atoms with van der Waals surface area (Å²) in [7, 11) is 0. The van der Waals surface area contributed by atoms with Gasteiger partial charge in [0.05, 0.1) is 0 Å². The zero-order chi connectivity index (χ0) is 17.7. The Morgan fingerprint density at radius 2 is 1.68 bits per heavy atom. The fourth-order valence-corrected chi connectivity index (χ4v) is 1.63. The molecule has 0 aromatic rings. The van der Waals surface area contributed by atoms with Crippen LogP contribution in [0.25, 0.3) is 0 Å². The maximum absolute atomic E-state index is 11.4. The largest absolute Gasteiger partial charge is 0.423 e. The molecule has 0 aliphatic rings. The smallest absolute Gasteiger partial charge is 0.335 e. The first-order valence-electron chi connectivity index (χ1n) is 8.24. The van der Waals surface area contributed by atoms with Gasteiger partial charge in [0.1, 0.15) is 5.76 Å². The second-order valence-corrected chi connectivity index (χ2v) is 5.54. The van der Waals surface area contributed by atoms with Gasteiger partial charge in [0, 0.05) is 6.08 Å². The Morgan fingerprint density at radius 1 is 1.14 bits per heavy atom. The van der Waals surface area contributed by atoms with Crippen LogP contribution in [-0.4, -0.2) is 5.97 Å². The molecule has 2 nitrogen and oxygen atoms in total. The lowest BCUT2D eigenvalue weighted by atomic mass is 9.92. The van der Waals surface area contributed by atoms with E-state index >= 15 is 0 Å². The van der Waals surface area contributed by atoms with E-state index < -0.39 is 5.97 Å². The van der Waals surface area contributed by atoms with Crippen LogP contribution in [0.15, 0.2) is 48.8 Å². The quantitative estimate of drug-likeness (QED) is 0.219. The van der Waals surface area contributed by atoms with Crippen molar-refractivity contribution in [3.8, 4) is 0 Å². The van der Waals surface area contributed by atoms with Gasteiger partial charge in [0.2, 0.25) is 0 Å². The van der Waals surface area contributed by atoms with Crippen LogP contribution in [0, 0.1) is 11.8 Å². The third-order valence-corrected chi connectivity index (χ3v) is 3.25. The van der Waals surface area contributed by atoms with Gasteiger partial charge in [-0.15, -0.1) is 0 Å². The molecule has 0 radical (unpaired) electrons. The van der Waals surface area contributed by atoms with Gasteiger partial charge in [-0.2, -0.15) is 0 Å². The summed E-state index contributed by atoms with van der Waals surface area (Å²) in [5.41, 5.74) is 1.75. The molecule has 0 heterocycles. The monoisotopic (exact) mass is 306 g/mol. The lowest BCUT2D eigenvalue weighted by Crippen LogP contribution is -2.09. The molecule has 0 spiro atoms. The van der Waals surface area contributed by atoms with Crippen molar-refractivity contribution in [1.82, 2.24) is 0 Å². The lowest BCUT2D eigenvalue weighted by Gasteiger charge is -2.18. The Kier molecular flexibility index (Phi) is 13.5.